The Kier molecular flexibility index (Phi) is 3.26. The number of phenols is 1. The van der Waals surface area contributed by atoms with E-state index >= 15 is 0 Å². The van der Waals surface area contributed by atoms with Crippen molar-refractivity contribution in [3.8, 4) is 5.75 Å². The lowest BCUT2D eigenvalue weighted by Crippen LogP contribution is -1.93. The third-order valence-electron chi connectivity index (χ3n) is 1.80. The molecule has 6 heteroatoms. The lowest BCUT2D eigenvalue weighted by Gasteiger charge is -2.07. The average molecular weight is 249 g/mol. The van der Waals surface area contributed by atoms with Crippen molar-refractivity contribution in [3.05, 3.63) is 30.3 Å². The first-order chi connectivity index (χ1) is 6.86. The Balaban J connectivity index is 3.36. The summed E-state index contributed by atoms with van der Waals surface area (Å²) in [5.74, 6) is 0.0422. The van der Waals surface area contributed by atoms with Gasteiger partial charge >= 0.3 is 0 Å². The van der Waals surface area contributed by atoms with Gasteiger partial charge in [-0.25, -0.2) is 8.42 Å². The minimum absolute atomic E-state index is 0.116. The maximum atomic E-state index is 11.0. The number of methoxy groups -OCH3 is 1. The summed E-state index contributed by atoms with van der Waals surface area (Å²) in [6.07, 6.45) is 0. The molecule has 1 rings (SSSR count). The predicted octanol–water partition coefficient (Wildman–Crippen LogP) is 1.94. The third-order valence-corrected chi connectivity index (χ3v) is 3.15. The Morgan fingerprint density at radius 1 is 1.53 bits per heavy atom. The molecule has 1 N–H and O–H groups in total. The minimum Gasteiger partial charge on any atom is -0.507 e. The summed E-state index contributed by atoms with van der Waals surface area (Å²) in [4.78, 5) is -0.116. The Hall–Kier alpha value is -1.20. The molecule has 0 aliphatic heterocycles. The van der Waals surface area contributed by atoms with Crippen LogP contribution in [0, 0.1) is 0 Å². The fourth-order valence-corrected chi connectivity index (χ4v) is 1.78. The Morgan fingerprint density at radius 2 is 2.13 bits per heavy atom. The summed E-state index contributed by atoms with van der Waals surface area (Å²) >= 11 is 0. The number of halogens is 1. The first-order valence-corrected chi connectivity index (χ1v) is 6.18. The van der Waals surface area contributed by atoms with Crippen LogP contribution in [0.1, 0.15) is 5.56 Å². The molecule has 0 aromatic heterocycles. The van der Waals surface area contributed by atoms with Crippen LogP contribution < -0.4 is 0 Å². The fraction of sp³-hybridized carbons (Fsp3) is 0.111. The Morgan fingerprint density at radius 3 is 2.60 bits per heavy atom. The van der Waals surface area contributed by atoms with E-state index in [2.05, 4.69) is 6.58 Å². The number of benzene rings is 1. The van der Waals surface area contributed by atoms with Gasteiger partial charge in [0.2, 0.25) is 0 Å². The van der Waals surface area contributed by atoms with Gasteiger partial charge in [-0.15, -0.1) is 0 Å². The molecule has 0 bridgehead atoms. The normalized spacial score (nSPS) is 11.1. The van der Waals surface area contributed by atoms with Crippen molar-refractivity contribution in [1.29, 1.82) is 0 Å². The number of phenolic OH excluding ortho intramolecular Hbond substituents is 1. The van der Waals surface area contributed by atoms with Gasteiger partial charge in [0, 0.05) is 10.7 Å². The quantitative estimate of drug-likeness (QED) is 0.656. The maximum Gasteiger partial charge on any atom is 0.261 e. The summed E-state index contributed by atoms with van der Waals surface area (Å²) in [6, 6.07) is 3.61. The highest BCUT2D eigenvalue weighted by Gasteiger charge is 2.14. The molecule has 0 aliphatic rings. The lowest BCUT2D eigenvalue weighted by atomic mass is 10.2. The third kappa shape index (κ3) is 2.64. The summed E-state index contributed by atoms with van der Waals surface area (Å²) in [6.45, 7) is 3.51. The topological polar surface area (TPSA) is 63.6 Å². The van der Waals surface area contributed by atoms with Crippen LogP contribution >= 0.6 is 10.7 Å². The van der Waals surface area contributed by atoms with E-state index in [-0.39, 0.29) is 22.0 Å². The molecular formula is C9H9ClO4S. The number of rotatable bonds is 3. The zero-order valence-electron chi connectivity index (χ0n) is 7.90. The van der Waals surface area contributed by atoms with E-state index in [1.165, 1.54) is 25.3 Å². The molecule has 0 saturated heterocycles. The van der Waals surface area contributed by atoms with Crippen molar-refractivity contribution in [2.45, 2.75) is 4.90 Å². The van der Waals surface area contributed by atoms with E-state index < -0.39 is 9.05 Å². The molecule has 0 amide bonds. The zero-order valence-corrected chi connectivity index (χ0v) is 9.47. The second-order valence-corrected chi connectivity index (χ2v) is 5.31. The van der Waals surface area contributed by atoms with Crippen molar-refractivity contribution in [3.63, 3.8) is 0 Å². The van der Waals surface area contributed by atoms with E-state index in [0.29, 0.717) is 0 Å². The van der Waals surface area contributed by atoms with Crippen molar-refractivity contribution >= 4 is 25.5 Å². The minimum atomic E-state index is -3.82. The molecule has 0 aliphatic carbocycles. The van der Waals surface area contributed by atoms with E-state index in [9.17, 15) is 13.5 Å². The van der Waals surface area contributed by atoms with Gasteiger partial charge in [-0.05, 0) is 18.2 Å². The molecule has 0 radical (unpaired) electrons. The molecule has 0 atom stereocenters. The zero-order chi connectivity index (χ0) is 11.6. The monoisotopic (exact) mass is 248 g/mol. The van der Waals surface area contributed by atoms with E-state index in [4.69, 9.17) is 15.4 Å². The van der Waals surface area contributed by atoms with Crippen molar-refractivity contribution in [2.24, 2.45) is 0 Å². The van der Waals surface area contributed by atoms with Crippen LogP contribution in [0.3, 0.4) is 0 Å². The predicted molar refractivity (Wildman–Crippen MR) is 57.2 cm³/mol. The molecule has 0 saturated carbocycles. The van der Waals surface area contributed by atoms with Crippen LogP contribution in [0.4, 0.5) is 0 Å². The van der Waals surface area contributed by atoms with Gasteiger partial charge in [0.15, 0.2) is 0 Å². The highest BCUT2D eigenvalue weighted by atomic mass is 35.7. The molecule has 15 heavy (non-hydrogen) atoms. The molecule has 82 valence electrons. The summed E-state index contributed by atoms with van der Waals surface area (Å²) < 4.78 is 26.8. The number of hydrogen-bond donors (Lipinski definition) is 1. The standard InChI is InChI=1S/C9H9ClO4S/c1-6(14-2)8-5-7(15(10,12)13)3-4-9(8)11/h3-5,11H,1H2,2H3. The van der Waals surface area contributed by atoms with E-state index in [0.717, 1.165) is 0 Å². The average Bonchev–Trinajstić information content (AvgIpc) is 2.15. The number of ether oxygens (including phenoxy) is 1. The summed E-state index contributed by atoms with van der Waals surface area (Å²) in [5, 5.41) is 9.42. The number of hydrogen-bond acceptors (Lipinski definition) is 4. The molecule has 1 aromatic rings. The second kappa shape index (κ2) is 4.12. The Bertz CT molecular complexity index is 493. The van der Waals surface area contributed by atoms with Gasteiger partial charge in [0.25, 0.3) is 9.05 Å². The molecule has 0 fully saturated rings. The second-order valence-electron chi connectivity index (χ2n) is 2.74. The van der Waals surface area contributed by atoms with Gasteiger partial charge in [0.1, 0.15) is 11.5 Å². The molecule has 0 heterocycles. The van der Waals surface area contributed by atoms with Crippen LogP contribution in [0.25, 0.3) is 5.76 Å². The highest BCUT2D eigenvalue weighted by Crippen LogP contribution is 2.28. The molecule has 4 nitrogen and oxygen atoms in total. The van der Waals surface area contributed by atoms with Crippen molar-refractivity contribution in [1.82, 2.24) is 0 Å². The van der Waals surface area contributed by atoms with Gasteiger partial charge in [0.05, 0.1) is 17.6 Å². The first-order valence-electron chi connectivity index (χ1n) is 3.87. The fourth-order valence-electron chi connectivity index (χ4n) is 1.00. The van der Waals surface area contributed by atoms with E-state index in [1.807, 2.05) is 0 Å². The largest absolute Gasteiger partial charge is 0.507 e. The van der Waals surface area contributed by atoms with Crippen LogP contribution in [0.2, 0.25) is 0 Å². The summed E-state index contributed by atoms with van der Waals surface area (Å²) in [5.41, 5.74) is 0.194. The molecule has 0 unspecified atom stereocenters. The van der Waals surface area contributed by atoms with Crippen LogP contribution in [-0.2, 0) is 13.8 Å². The van der Waals surface area contributed by atoms with Gasteiger partial charge < -0.3 is 9.84 Å². The molecular weight excluding hydrogens is 240 g/mol. The van der Waals surface area contributed by atoms with Crippen LogP contribution in [-0.4, -0.2) is 20.6 Å². The van der Waals surface area contributed by atoms with Crippen molar-refractivity contribution in [2.75, 3.05) is 7.11 Å². The lowest BCUT2D eigenvalue weighted by molar-refractivity contribution is 0.367. The van der Waals surface area contributed by atoms with E-state index in [1.54, 1.807) is 0 Å². The van der Waals surface area contributed by atoms with Gasteiger partial charge in [-0.2, -0.15) is 0 Å². The molecule has 1 aromatic carbocycles. The molecule has 0 spiro atoms. The number of aromatic hydroxyl groups is 1. The van der Waals surface area contributed by atoms with Gasteiger partial charge in [-0.1, -0.05) is 6.58 Å². The van der Waals surface area contributed by atoms with Crippen LogP contribution in [0.5, 0.6) is 5.75 Å². The maximum absolute atomic E-state index is 11.0. The SMILES string of the molecule is C=C(OC)c1cc(S(=O)(=O)Cl)ccc1O. The first kappa shape index (κ1) is 11.9. The Labute approximate surface area is 92.2 Å². The van der Waals surface area contributed by atoms with Crippen LogP contribution in [0.15, 0.2) is 29.7 Å². The van der Waals surface area contributed by atoms with Gasteiger partial charge in [-0.3, -0.25) is 0 Å². The summed E-state index contributed by atoms with van der Waals surface area (Å²) in [7, 11) is 2.70. The smallest absolute Gasteiger partial charge is 0.261 e. The van der Waals surface area contributed by atoms with Crippen molar-refractivity contribution < 1.29 is 18.3 Å². The highest BCUT2D eigenvalue weighted by molar-refractivity contribution is 8.13.